The van der Waals surface area contributed by atoms with E-state index >= 15 is 0 Å². The number of phenols is 1. The summed E-state index contributed by atoms with van der Waals surface area (Å²) in [6.07, 6.45) is 8.14. The average molecular weight is 677 g/mol. The SMILES string of the molecule is COc1ccc(Oc2cccc(C=C3CCN(C(=O)OC(C)(C)C)CC3)c2)cc1.Oc1ccc(Oc2cccc(C=C3CCNCC3)c2)cc1. The molecule has 2 fully saturated rings. The Morgan fingerprint density at radius 3 is 1.66 bits per heavy atom. The highest BCUT2D eigenvalue weighted by Crippen LogP contribution is 2.28. The van der Waals surface area contributed by atoms with Gasteiger partial charge < -0.3 is 34.3 Å². The lowest BCUT2D eigenvalue weighted by Gasteiger charge is -2.31. The van der Waals surface area contributed by atoms with E-state index in [1.165, 1.54) is 16.7 Å². The van der Waals surface area contributed by atoms with Crippen LogP contribution in [0.1, 0.15) is 57.6 Å². The minimum absolute atomic E-state index is 0.230. The predicted molar refractivity (Wildman–Crippen MR) is 199 cm³/mol. The zero-order valence-electron chi connectivity index (χ0n) is 29.5. The summed E-state index contributed by atoms with van der Waals surface area (Å²) in [5, 5.41) is 12.6. The van der Waals surface area contributed by atoms with Crippen molar-refractivity contribution in [2.24, 2.45) is 0 Å². The maximum absolute atomic E-state index is 12.2. The monoisotopic (exact) mass is 676 g/mol. The maximum Gasteiger partial charge on any atom is 0.410 e. The number of hydrogen-bond donors (Lipinski definition) is 2. The zero-order valence-corrected chi connectivity index (χ0v) is 29.5. The van der Waals surface area contributed by atoms with Crippen LogP contribution >= 0.6 is 0 Å². The number of ether oxygens (including phenoxy) is 4. The first-order valence-corrected chi connectivity index (χ1v) is 17.2. The molecule has 0 bridgehead atoms. The number of nitrogens with one attached hydrogen (secondary N) is 1. The normalized spacial score (nSPS) is 14.5. The number of phenolic OH excluding ortho intramolecular Hbond substituents is 1. The average Bonchev–Trinajstić information content (AvgIpc) is 3.10. The van der Waals surface area contributed by atoms with Gasteiger partial charge in [0, 0.05) is 13.1 Å². The number of carbonyl (C=O) groups excluding carboxylic acids is 1. The molecule has 8 heteroatoms. The summed E-state index contributed by atoms with van der Waals surface area (Å²) in [5.41, 5.74) is 4.61. The molecule has 50 heavy (non-hydrogen) atoms. The van der Waals surface area contributed by atoms with Gasteiger partial charge in [-0.15, -0.1) is 0 Å². The Morgan fingerprint density at radius 1 is 0.680 bits per heavy atom. The molecule has 8 nitrogen and oxygen atoms in total. The minimum Gasteiger partial charge on any atom is -0.508 e. The van der Waals surface area contributed by atoms with Crippen LogP contribution < -0.4 is 19.5 Å². The molecule has 0 radical (unpaired) electrons. The largest absolute Gasteiger partial charge is 0.508 e. The molecule has 262 valence electrons. The number of carbonyl (C=O) groups is 1. The van der Waals surface area contributed by atoms with Gasteiger partial charge in [-0.05, 0) is 143 Å². The van der Waals surface area contributed by atoms with Crippen LogP contribution in [-0.4, -0.2) is 55.0 Å². The van der Waals surface area contributed by atoms with Crippen molar-refractivity contribution >= 4 is 18.2 Å². The molecule has 2 saturated heterocycles. The van der Waals surface area contributed by atoms with Gasteiger partial charge in [-0.25, -0.2) is 4.79 Å². The van der Waals surface area contributed by atoms with Gasteiger partial charge in [0.2, 0.25) is 0 Å². The van der Waals surface area contributed by atoms with Crippen LogP contribution in [0.15, 0.2) is 108 Å². The standard InChI is InChI=1S/C24H29NO4.C18H19NO2/c1-24(2,3)29-23(26)25-14-12-18(13-15-25)16-19-6-5-7-22(17-19)28-21-10-8-20(27-4)9-11-21;20-16-4-6-17(7-5-16)21-18-3-1-2-15(13-18)12-14-8-10-19-11-9-14/h5-11,16-17H,12-15H2,1-4H3;1-7,12-13,19-20H,8-11H2. The zero-order chi connectivity index (χ0) is 35.3. The van der Waals surface area contributed by atoms with Crippen LogP contribution in [0.4, 0.5) is 4.79 Å². The predicted octanol–water partition coefficient (Wildman–Crippen LogP) is 9.85. The van der Waals surface area contributed by atoms with Crippen molar-refractivity contribution in [1.29, 1.82) is 0 Å². The molecule has 0 atom stereocenters. The Hall–Kier alpha value is -5.21. The summed E-state index contributed by atoms with van der Waals surface area (Å²) in [5.74, 6) is 4.13. The Morgan fingerprint density at radius 2 is 1.16 bits per heavy atom. The van der Waals surface area contributed by atoms with Gasteiger partial charge >= 0.3 is 6.09 Å². The molecule has 2 heterocycles. The van der Waals surface area contributed by atoms with E-state index in [0.29, 0.717) is 13.1 Å². The molecule has 4 aromatic rings. The van der Waals surface area contributed by atoms with Gasteiger partial charge in [-0.1, -0.05) is 47.6 Å². The molecular formula is C42H48N2O6. The van der Waals surface area contributed by atoms with E-state index in [4.69, 9.17) is 18.9 Å². The van der Waals surface area contributed by atoms with Crippen molar-refractivity contribution in [2.75, 3.05) is 33.3 Å². The van der Waals surface area contributed by atoms with Crippen LogP contribution in [0.2, 0.25) is 0 Å². The molecule has 0 aromatic heterocycles. The second-order valence-corrected chi connectivity index (χ2v) is 13.3. The fraction of sp³-hybridized carbons (Fsp3) is 0.310. The van der Waals surface area contributed by atoms with Crippen molar-refractivity contribution < 1.29 is 28.8 Å². The second-order valence-electron chi connectivity index (χ2n) is 13.3. The lowest BCUT2D eigenvalue weighted by Crippen LogP contribution is -2.40. The first-order valence-electron chi connectivity index (χ1n) is 17.2. The van der Waals surface area contributed by atoms with Crippen molar-refractivity contribution in [2.45, 2.75) is 52.1 Å². The molecule has 4 aromatic carbocycles. The van der Waals surface area contributed by atoms with Gasteiger partial charge in [0.1, 0.15) is 40.1 Å². The highest BCUT2D eigenvalue weighted by molar-refractivity contribution is 5.68. The van der Waals surface area contributed by atoms with Crippen LogP contribution in [0.25, 0.3) is 12.2 Å². The quantitative estimate of drug-likeness (QED) is 0.201. The number of amides is 1. The third-order valence-electron chi connectivity index (χ3n) is 8.13. The summed E-state index contributed by atoms with van der Waals surface area (Å²) in [7, 11) is 1.64. The van der Waals surface area contributed by atoms with E-state index in [-0.39, 0.29) is 11.8 Å². The summed E-state index contributed by atoms with van der Waals surface area (Å²) < 4.78 is 22.4. The van der Waals surface area contributed by atoms with Gasteiger partial charge in [0.25, 0.3) is 0 Å². The number of methoxy groups -OCH3 is 1. The number of likely N-dealkylation sites (tertiary alicyclic amines) is 1. The third-order valence-corrected chi connectivity index (χ3v) is 8.13. The van der Waals surface area contributed by atoms with Gasteiger partial charge in [-0.2, -0.15) is 0 Å². The van der Waals surface area contributed by atoms with Gasteiger partial charge in [0.15, 0.2) is 0 Å². The van der Waals surface area contributed by atoms with Crippen LogP contribution in [-0.2, 0) is 4.74 Å². The highest BCUT2D eigenvalue weighted by Gasteiger charge is 2.24. The maximum atomic E-state index is 12.2. The van der Waals surface area contributed by atoms with Gasteiger partial charge in [0.05, 0.1) is 7.11 Å². The molecule has 2 aliphatic heterocycles. The Bertz CT molecular complexity index is 1740. The number of rotatable bonds is 7. The summed E-state index contributed by atoms with van der Waals surface area (Å²) in [6.45, 7) is 9.17. The first-order chi connectivity index (χ1) is 24.1. The fourth-order valence-corrected chi connectivity index (χ4v) is 5.58. The molecule has 1 amide bonds. The van der Waals surface area contributed by atoms with E-state index in [2.05, 4.69) is 29.6 Å². The third kappa shape index (κ3) is 11.7. The summed E-state index contributed by atoms with van der Waals surface area (Å²) >= 11 is 0. The minimum atomic E-state index is -0.461. The molecular weight excluding hydrogens is 628 g/mol. The van der Waals surface area contributed by atoms with Crippen LogP contribution in [0.5, 0.6) is 34.5 Å². The molecule has 0 aliphatic carbocycles. The Kier molecular flexibility index (Phi) is 12.6. The number of nitrogens with zero attached hydrogens (tertiary/aromatic N) is 1. The fourth-order valence-electron chi connectivity index (χ4n) is 5.58. The molecule has 0 saturated carbocycles. The Labute approximate surface area is 296 Å². The smallest absolute Gasteiger partial charge is 0.410 e. The second kappa shape index (κ2) is 17.4. The van der Waals surface area contributed by atoms with E-state index in [9.17, 15) is 9.90 Å². The molecule has 0 unspecified atom stereocenters. The van der Waals surface area contributed by atoms with Crippen LogP contribution in [0, 0.1) is 0 Å². The van der Waals surface area contributed by atoms with Crippen molar-refractivity contribution in [3.63, 3.8) is 0 Å². The first kappa shape index (κ1) is 36.1. The topological polar surface area (TPSA) is 89.5 Å². The summed E-state index contributed by atoms with van der Waals surface area (Å²) in [6, 6.07) is 30.4. The number of hydrogen-bond acceptors (Lipinski definition) is 7. The van der Waals surface area contributed by atoms with Crippen molar-refractivity contribution in [3.8, 4) is 34.5 Å². The lowest BCUT2D eigenvalue weighted by atomic mass is 10.0. The van der Waals surface area contributed by atoms with E-state index in [0.717, 1.165) is 73.1 Å². The summed E-state index contributed by atoms with van der Waals surface area (Å²) in [4.78, 5) is 14.0. The lowest BCUT2D eigenvalue weighted by molar-refractivity contribution is 0.0237. The molecule has 2 aliphatic rings. The van der Waals surface area contributed by atoms with Crippen LogP contribution in [0.3, 0.4) is 0 Å². The molecule has 2 N–H and O–H groups in total. The van der Waals surface area contributed by atoms with E-state index in [1.807, 2.05) is 81.4 Å². The molecule has 6 rings (SSSR count). The number of piperidine rings is 2. The van der Waals surface area contributed by atoms with Crippen molar-refractivity contribution in [3.05, 3.63) is 119 Å². The van der Waals surface area contributed by atoms with Gasteiger partial charge in [-0.3, -0.25) is 0 Å². The highest BCUT2D eigenvalue weighted by atomic mass is 16.6. The Balaban J connectivity index is 0.000000204. The molecule has 0 spiro atoms. The number of benzene rings is 4. The van der Waals surface area contributed by atoms with Crippen molar-refractivity contribution in [1.82, 2.24) is 10.2 Å². The number of aromatic hydroxyl groups is 1. The van der Waals surface area contributed by atoms with E-state index in [1.54, 1.807) is 36.3 Å². The van der Waals surface area contributed by atoms with E-state index < -0.39 is 5.60 Å².